The zero-order valence-corrected chi connectivity index (χ0v) is 15.9. The van der Waals surface area contributed by atoms with E-state index in [1.165, 1.54) is 22.0 Å². The Hall–Kier alpha value is -2.79. The number of fused-ring (bicyclic) bond motifs is 1. The van der Waals surface area contributed by atoms with Crippen LogP contribution in [0.3, 0.4) is 0 Å². The number of aryl methyl sites for hydroxylation is 1. The number of nitrogens with zero attached hydrogens (tertiary/aromatic N) is 4. The minimum absolute atomic E-state index is 0.193. The molecule has 29 heavy (non-hydrogen) atoms. The highest BCUT2D eigenvalue weighted by Gasteiger charge is 2.44. The lowest BCUT2D eigenvalue weighted by atomic mass is 10.1. The first-order valence-corrected chi connectivity index (χ1v) is 9.40. The summed E-state index contributed by atoms with van der Waals surface area (Å²) in [5, 5.41) is 32.8. The first-order valence-electron chi connectivity index (χ1n) is 9.40. The minimum atomic E-state index is -1.24. The number of aromatic nitrogens is 4. The highest BCUT2D eigenvalue weighted by atomic mass is 16.6. The van der Waals surface area contributed by atoms with E-state index in [1.54, 1.807) is 0 Å². The summed E-state index contributed by atoms with van der Waals surface area (Å²) in [5.74, 6) is 0.523. The summed E-state index contributed by atoms with van der Waals surface area (Å²) >= 11 is 0. The van der Waals surface area contributed by atoms with Gasteiger partial charge in [0.2, 0.25) is 5.95 Å². The van der Waals surface area contributed by atoms with Crippen LogP contribution in [0.15, 0.2) is 30.6 Å². The van der Waals surface area contributed by atoms with Gasteiger partial charge in [0.15, 0.2) is 17.7 Å². The van der Waals surface area contributed by atoms with Crippen LogP contribution in [0.25, 0.3) is 11.2 Å². The van der Waals surface area contributed by atoms with E-state index in [4.69, 9.17) is 10.5 Å². The average molecular weight is 400 g/mol. The van der Waals surface area contributed by atoms with E-state index in [-0.39, 0.29) is 5.82 Å². The molecule has 4 rings (SSSR count). The van der Waals surface area contributed by atoms with E-state index in [0.717, 1.165) is 6.42 Å². The standard InChI is InChI=1S/C19H24N6O4/c1-10-3-2-4-11(7-10)5-6-21-19-23-16(20)13-17(24-19)25(9-22-13)18-15(28)14(27)12(8-26)29-18/h2-4,7,9,12,14-15,18,26-28H,5-6,8H2,1H3,(H3,20,21,23,24)/t12-,14?,15?,18-/m1/s1. The molecule has 2 unspecified atom stereocenters. The molecule has 1 aromatic carbocycles. The third-order valence-corrected chi connectivity index (χ3v) is 5.02. The van der Waals surface area contributed by atoms with Gasteiger partial charge in [0.05, 0.1) is 12.9 Å². The topological polar surface area (TPSA) is 152 Å². The highest BCUT2D eigenvalue weighted by Crippen LogP contribution is 2.32. The van der Waals surface area contributed by atoms with Crippen LogP contribution in [0.5, 0.6) is 0 Å². The molecule has 1 aliphatic rings. The van der Waals surface area contributed by atoms with Crippen molar-refractivity contribution < 1.29 is 20.1 Å². The van der Waals surface area contributed by atoms with Crippen molar-refractivity contribution in [3.63, 3.8) is 0 Å². The van der Waals surface area contributed by atoms with Crippen molar-refractivity contribution in [2.45, 2.75) is 37.9 Å². The number of aliphatic hydroxyl groups excluding tert-OH is 3. The molecule has 0 spiro atoms. The zero-order valence-electron chi connectivity index (χ0n) is 15.9. The number of imidazole rings is 1. The SMILES string of the molecule is Cc1cccc(CCNc2nc(N)c3ncn([C@@H]4O[C@H](CO)C(O)C4O)c3n2)c1. The molecule has 2 aromatic heterocycles. The number of nitrogen functional groups attached to an aromatic ring is 1. The predicted molar refractivity (Wildman–Crippen MR) is 106 cm³/mol. The van der Waals surface area contributed by atoms with Gasteiger partial charge in [-0.05, 0) is 18.9 Å². The predicted octanol–water partition coefficient (Wildman–Crippen LogP) is -0.0170. The lowest BCUT2D eigenvalue weighted by molar-refractivity contribution is -0.0511. The molecule has 0 aliphatic carbocycles. The lowest BCUT2D eigenvalue weighted by Gasteiger charge is -2.16. The fourth-order valence-corrected chi connectivity index (χ4v) is 3.50. The molecule has 0 radical (unpaired) electrons. The molecule has 6 N–H and O–H groups in total. The van der Waals surface area contributed by atoms with E-state index in [0.29, 0.717) is 23.7 Å². The van der Waals surface area contributed by atoms with Gasteiger partial charge in [-0.3, -0.25) is 4.57 Å². The second-order valence-electron chi connectivity index (χ2n) is 7.15. The first kappa shape index (κ1) is 19.5. The van der Waals surface area contributed by atoms with E-state index in [9.17, 15) is 15.3 Å². The van der Waals surface area contributed by atoms with Crippen LogP contribution < -0.4 is 11.1 Å². The van der Waals surface area contributed by atoms with Crippen LogP contribution >= 0.6 is 0 Å². The molecule has 0 bridgehead atoms. The quantitative estimate of drug-likeness (QED) is 0.384. The van der Waals surface area contributed by atoms with Gasteiger partial charge >= 0.3 is 0 Å². The van der Waals surface area contributed by atoms with Gasteiger partial charge in [-0.1, -0.05) is 29.8 Å². The van der Waals surface area contributed by atoms with E-state index in [2.05, 4.69) is 32.4 Å². The Morgan fingerprint density at radius 3 is 2.79 bits per heavy atom. The number of rotatable bonds is 6. The number of ether oxygens (including phenoxy) is 1. The maximum absolute atomic E-state index is 10.3. The molecule has 0 saturated carbocycles. The maximum atomic E-state index is 10.3. The Morgan fingerprint density at radius 1 is 1.24 bits per heavy atom. The fraction of sp³-hybridized carbons (Fsp3) is 0.421. The summed E-state index contributed by atoms with van der Waals surface area (Å²) in [5.41, 5.74) is 9.16. The Bertz CT molecular complexity index is 1010. The first-order chi connectivity index (χ1) is 14.0. The largest absolute Gasteiger partial charge is 0.394 e. The van der Waals surface area contributed by atoms with Gasteiger partial charge < -0.3 is 31.1 Å². The number of anilines is 2. The van der Waals surface area contributed by atoms with Crippen LogP contribution in [0.4, 0.5) is 11.8 Å². The van der Waals surface area contributed by atoms with E-state index >= 15 is 0 Å². The van der Waals surface area contributed by atoms with Crippen molar-refractivity contribution in [3.05, 3.63) is 41.7 Å². The molecular weight excluding hydrogens is 376 g/mol. The van der Waals surface area contributed by atoms with Crippen LogP contribution in [0, 0.1) is 6.92 Å². The molecule has 10 nitrogen and oxygen atoms in total. The maximum Gasteiger partial charge on any atom is 0.226 e. The lowest BCUT2D eigenvalue weighted by Crippen LogP contribution is -2.33. The van der Waals surface area contributed by atoms with Crippen molar-refractivity contribution in [1.29, 1.82) is 0 Å². The summed E-state index contributed by atoms with van der Waals surface area (Å²) in [6.07, 6.45) is -2.07. The van der Waals surface area contributed by atoms with Crippen molar-refractivity contribution in [2.75, 3.05) is 24.2 Å². The highest BCUT2D eigenvalue weighted by molar-refractivity contribution is 5.83. The van der Waals surface area contributed by atoms with Gasteiger partial charge in [-0.25, -0.2) is 4.98 Å². The van der Waals surface area contributed by atoms with E-state index < -0.39 is 31.1 Å². The van der Waals surface area contributed by atoms with Crippen molar-refractivity contribution in [3.8, 4) is 0 Å². The van der Waals surface area contributed by atoms with Crippen LogP contribution in [-0.4, -0.2) is 66.3 Å². The molecule has 3 heterocycles. The van der Waals surface area contributed by atoms with Gasteiger partial charge in [0.1, 0.15) is 23.8 Å². The minimum Gasteiger partial charge on any atom is -0.394 e. The third-order valence-electron chi connectivity index (χ3n) is 5.02. The van der Waals surface area contributed by atoms with Gasteiger partial charge in [0.25, 0.3) is 0 Å². The molecule has 1 saturated heterocycles. The molecule has 3 aromatic rings. The average Bonchev–Trinajstić information content (AvgIpc) is 3.24. The Balaban J connectivity index is 1.55. The smallest absolute Gasteiger partial charge is 0.226 e. The van der Waals surface area contributed by atoms with Crippen molar-refractivity contribution in [2.24, 2.45) is 0 Å². The van der Waals surface area contributed by atoms with Crippen molar-refractivity contribution >= 4 is 22.9 Å². The number of aliphatic hydroxyl groups is 3. The Labute approximate surface area is 167 Å². The van der Waals surface area contributed by atoms with Gasteiger partial charge in [-0.2, -0.15) is 9.97 Å². The number of hydrogen-bond acceptors (Lipinski definition) is 9. The van der Waals surface area contributed by atoms with Crippen LogP contribution in [0.1, 0.15) is 17.4 Å². The molecule has 154 valence electrons. The summed E-state index contributed by atoms with van der Waals surface area (Å²) in [7, 11) is 0. The molecular formula is C19H24N6O4. The summed E-state index contributed by atoms with van der Waals surface area (Å²) < 4.78 is 7.06. The number of nitrogens with two attached hydrogens (primary N) is 1. The molecule has 0 amide bonds. The van der Waals surface area contributed by atoms with Gasteiger partial charge in [0, 0.05) is 6.54 Å². The molecule has 1 fully saturated rings. The Morgan fingerprint density at radius 2 is 2.07 bits per heavy atom. The summed E-state index contributed by atoms with van der Waals surface area (Å²) in [4.78, 5) is 12.9. The second-order valence-corrected chi connectivity index (χ2v) is 7.15. The van der Waals surface area contributed by atoms with Crippen LogP contribution in [0.2, 0.25) is 0 Å². The molecule has 4 atom stereocenters. The number of hydrogen-bond donors (Lipinski definition) is 5. The third kappa shape index (κ3) is 3.75. The molecule has 1 aliphatic heterocycles. The Kier molecular flexibility index (Phi) is 5.33. The second kappa shape index (κ2) is 7.91. The van der Waals surface area contributed by atoms with Crippen LogP contribution in [-0.2, 0) is 11.2 Å². The van der Waals surface area contributed by atoms with Crippen molar-refractivity contribution in [1.82, 2.24) is 19.5 Å². The number of nitrogens with one attached hydrogen (secondary N) is 1. The zero-order chi connectivity index (χ0) is 20.5. The fourth-order valence-electron chi connectivity index (χ4n) is 3.50. The summed E-state index contributed by atoms with van der Waals surface area (Å²) in [6, 6.07) is 8.25. The summed E-state index contributed by atoms with van der Waals surface area (Å²) in [6.45, 7) is 2.24. The van der Waals surface area contributed by atoms with Gasteiger partial charge in [-0.15, -0.1) is 0 Å². The molecule has 10 heteroatoms. The van der Waals surface area contributed by atoms with E-state index in [1.807, 2.05) is 19.1 Å². The monoisotopic (exact) mass is 400 g/mol. The number of benzene rings is 1. The normalized spacial score (nSPS) is 24.3.